The van der Waals surface area contributed by atoms with Crippen LogP contribution in [0.4, 0.5) is 0 Å². The number of hydrogen-bond donors (Lipinski definition) is 2. The molecular formula is C19H21BrN2O. The Morgan fingerprint density at radius 1 is 1.17 bits per heavy atom. The van der Waals surface area contributed by atoms with E-state index in [1.54, 1.807) is 0 Å². The molecule has 1 aromatic heterocycles. The number of para-hydroxylation sites is 1. The molecule has 2 N–H and O–H groups in total. The summed E-state index contributed by atoms with van der Waals surface area (Å²) in [6, 6.07) is 14.7. The van der Waals surface area contributed by atoms with Gasteiger partial charge in [0.25, 0.3) is 0 Å². The van der Waals surface area contributed by atoms with Crippen LogP contribution in [0.5, 0.6) is 5.75 Å². The quantitative estimate of drug-likeness (QED) is 0.591. The van der Waals surface area contributed by atoms with Gasteiger partial charge in [0.1, 0.15) is 5.75 Å². The number of aromatic nitrogens is 1. The number of fused-ring (bicyclic) bond motifs is 1. The highest BCUT2D eigenvalue weighted by atomic mass is 79.9. The van der Waals surface area contributed by atoms with E-state index < -0.39 is 0 Å². The zero-order valence-electron chi connectivity index (χ0n) is 13.2. The second kappa shape index (κ2) is 7.66. The Hall–Kier alpha value is -1.78. The maximum Gasteiger partial charge on any atom is 0.133 e. The summed E-state index contributed by atoms with van der Waals surface area (Å²) in [7, 11) is 0. The molecular weight excluding hydrogens is 352 g/mol. The van der Waals surface area contributed by atoms with E-state index in [2.05, 4.69) is 68.8 Å². The van der Waals surface area contributed by atoms with Crippen LogP contribution in [0.1, 0.15) is 18.1 Å². The third kappa shape index (κ3) is 3.95. The third-order valence-corrected chi connectivity index (χ3v) is 4.49. The lowest BCUT2D eigenvalue weighted by atomic mass is 10.1. The van der Waals surface area contributed by atoms with Crippen molar-refractivity contribution in [3.8, 4) is 5.75 Å². The van der Waals surface area contributed by atoms with Crippen molar-refractivity contribution in [1.82, 2.24) is 10.3 Å². The predicted octanol–water partition coefficient (Wildman–Crippen LogP) is 4.66. The number of aromatic amines is 1. The molecule has 23 heavy (non-hydrogen) atoms. The van der Waals surface area contributed by atoms with Crippen LogP contribution in [0.15, 0.2) is 53.1 Å². The number of H-pyrrole nitrogens is 1. The maximum atomic E-state index is 5.54. The standard InChI is InChI=1S/C19H21BrN2O/c1-2-23-19-8-7-14(11-17(19)20)12-21-10-9-15-13-22-18-6-4-3-5-16(15)18/h3-8,11,13,21-22H,2,9-10,12H2,1H3. The summed E-state index contributed by atoms with van der Waals surface area (Å²) in [5.41, 5.74) is 3.82. The Morgan fingerprint density at radius 3 is 2.87 bits per heavy atom. The molecule has 0 radical (unpaired) electrons. The fourth-order valence-electron chi connectivity index (χ4n) is 2.72. The molecule has 120 valence electrons. The molecule has 0 unspecified atom stereocenters. The Balaban J connectivity index is 1.53. The van der Waals surface area contributed by atoms with Gasteiger partial charge in [0.2, 0.25) is 0 Å². The van der Waals surface area contributed by atoms with Crippen LogP contribution in [0.3, 0.4) is 0 Å². The SMILES string of the molecule is CCOc1ccc(CNCCc2c[nH]c3ccccc23)cc1Br. The van der Waals surface area contributed by atoms with E-state index in [1.807, 2.05) is 13.0 Å². The van der Waals surface area contributed by atoms with Crippen LogP contribution < -0.4 is 10.1 Å². The highest BCUT2D eigenvalue weighted by molar-refractivity contribution is 9.10. The van der Waals surface area contributed by atoms with Gasteiger partial charge in [-0.1, -0.05) is 24.3 Å². The average molecular weight is 373 g/mol. The molecule has 0 atom stereocenters. The maximum absolute atomic E-state index is 5.54. The second-order valence-corrected chi connectivity index (χ2v) is 6.34. The van der Waals surface area contributed by atoms with Gasteiger partial charge in [-0.3, -0.25) is 0 Å². The first-order valence-corrected chi connectivity index (χ1v) is 8.74. The van der Waals surface area contributed by atoms with Gasteiger partial charge in [0, 0.05) is 23.6 Å². The summed E-state index contributed by atoms with van der Waals surface area (Å²) in [5.74, 6) is 0.898. The van der Waals surface area contributed by atoms with E-state index >= 15 is 0 Å². The molecule has 0 saturated heterocycles. The van der Waals surface area contributed by atoms with Gasteiger partial charge in [-0.25, -0.2) is 0 Å². The Labute approximate surface area is 145 Å². The van der Waals surface area contributed by atoms with Crippen LogP contribution in [0, 0.1) is 0 Å². The van der Waals surface area contributed by atoms with Crippen LogP contribution in [0.25, 0.3) is 10.9 Å². The normalized spacial score (nSPS) is 11.0. The molecule has 4 heteroatoms. The van der Waals surface area contributed by atoms with Crippen molar-refractivity contribution in [2.24, 2.45) is 0 Å². The van der Waals surface area contributed by atoms with Gasteiger partial charge in [-0.05, 0) is 65.1 Å². The topological polar surface area (TPSA) is 37.0 Å². The van der Waals surface area contributed by atoms with Gasteiger partial charge in [-0.15, -0.1) is 0 Å². The third-order valence-electron chi connectivity index (χ3n) is 3.87. The number of nitrogens with one attached hydrogen (secondary N) is 2. The average Bonchev–Trinajstić information content (AvgIpc) is 2.97. The van der Waals surface area contributed by atoms with Gasteiger partial charge >= 0.3 is 0 Å². The molecule has 2 aromatic carbocycles. The van der Waals surface area contributed by atoms with Crippen molar-refractivity contribution in [2.45, 2.75) is 19.9 Å². The summed E-state index contributed by atoms with van der Waals surface area (Å²) >= 11 is 3.56. The number of halogens is 1. The minimum absolute atomic E-state index is 0.681. The molecule has 3 aromatic rings. The zero-order valence-corrected chi connectivity index (χ0v) is 14.8. The first-order valence-electron chi connectivity index (χ1n) is 7.95. The minimum Gasteiger partial charge on any atom is -0.493 e. The van der Waals surface area contributed by atoms with E-state index in [1.165, 1.54) is 22.0 Å². The van der Waals surface area contributed by atoms with Crippen molar-refractivity contribution in [3.05, 3.63) is 64.3 Å². The number of rotatable bonds is 7. The highest BCUT2D eigenvalue weighted by Crippen LogP contribution is 2.26. The molecule has 0 fully saturated rings. The first kappa shape index (κ1) is 16.1. The number of benzene rings is 2. The van der Waals surface area contributed by atoms with Gasteiger partial charge < -0.3 is 15.0 Å². The lowest BCUT2D eigenvalue weighted by Crippen LogP contribution is -2.16. The summed E-state index contributed by atoms with van der Waals surface area (Å²) in [5, 5.41) is 4.83. The molecule has 3 rings (SSSR count). The Morgan fingerprint density at radius 2 is 2.04 bits per heavy atom. The molecule has 3 nitrogen and oxygen atoms in total. The molecule has 0 spiro atoms. The van der Waals surface area contributed by atoms with Crippen LogP contribution in [-0.4, -0.2) is 18.1 Å². The van der Waals surface area contributed by atoms with Crippen LogP contribution in [0.2, 0.25) is 0 Å². The molecule has 0 aliphatic heterocycles. The van der Waals surface area contributed by atoms with Crippen LogP contribution >= 0.6 is 15.9 Å². The summed E-state index contributed by atoms with van der Waals surface area (Å²) in [6.07, 6.45) is 3.13. The fourth-order valence-corrected chi connectivity index (χ4v) is 3.26. The van der Waals surface area contributed by atoms with E-state index in [0.29, 0.717) is 6.61 Å². The first-order chi connectivity index (χ1) is 11.3. The van der Waals surface area contributed by atoms with Crippen molar-refractivity contribution >= 4 is 26.8 Å². The molecule has 0 saturated carbocycles. The van der Waals surface area contributed by atoms with E-state index in [0.717, 1.165) is 29.7 Å². The van der Waals surface area contributed by atoms with Gasteiger partial charge in [0.05, 0.1) is 11.1 Å². The molecule has 0 aliphatic carbocycles. The molecule has 0 amide bonds. The zero-order chi connectivity index (χ0) is 16.1. The van der Waals surface area contributed by atoms with Crippen molar-refractivity contribution < 1.29 is 4.74 Å². The van der Waals surface area contributed by atoms with Crippen molar-refractivity contribution in [3.63, 3.8) is 0 Å². The lowest BCUT2D eigenvalue weighted by molar-refractivity contribution is 0.338. The summed E-state index contributed by atoms with van der Waals surface area (Å²) < 4.78 is 6.55. The Kier molecular flexibility index (Phi) is 5.36. The summed E-state index contributed by atoms with van der Waals surface area (Å²) in [6.45, 7) is 4.48. The van der Waals surface area contributed by atoms with Crippen LogP contribution in [-0.2, 0) is 13.0 Å². The van der Waals surface area contributed by atoms with E-state index in [4.69, 9.17) is 4.74 Å². The van der Waals surface area contributed by atoms with Gasteiger partial charge in [-0.2, -0.15) is 0 Å². The molecule has 0 aliphatic rings. The monoisotopic (exact) mass is 372 g/mol. The number of ether oxygens (including phenoxy) is 1. The van der Waals surface area contributed by atoms with Gasteiger partial charge in [0.15, 0.2) is 0 Å². The highest BCUT2D eigenvalue weighted by Gasteiger charge is 2.04. The van der Waals surface area contributed by atoms with Crippen molar-refractivity contribution in [1.29, 1.82) is 0 Å². The number of hydrogen-bond acceptors (Lipinski definition) is 2. The second-order valence-electron chi connectivity index (χ2n) is 5.48. The lowest BCUT2D eigenvalue weighted by Gasteiger charge is -2.09. The molecule has 0 bridgehead atoms. The molecule has 1 heterocycles. The predicted molar refractivity (Wildman–Crippen MR) is 99.0 cm³/mol. The van der Waals surface area contributed by atoms with Crippen molar-refractivity contribution in [2.75, 3.05) is 13.2 Å². The minimum atomic E-state index is 0.681. The largest absolute Gasteiger partial charge is 0.493 e. The smallest absolute Gasteiger partial charge is 0.133 e. The fraction of sp³-hybridized carbons (Fsp3) is 0.263. The Bertz CT molecular complexity index is 782. The van der Waals surface area contributed by atoms with E-state index in [9.17, 15) is 0 Å². The summed E-state index contributed by atoms with van der Waals surface area (Å²) in [4.78, 5) is 3.32. The van der Waals surface area contributed by atoms with E-state index in [-0.39, 0.29) is 0 Å².